The van der Waals surface area contributed by atoms with Gasteiger partial charge in [-0.25, -0.2) is 8.78 Å². The van der Waals surface area contributed by atoms with Gasteiger partial charge >= 0.3 is 0 Å². The maximum Gasteiger partial charge on any atom is 0.270 e. The van der Waals surface area contributed by atoms with Crippen molar-refractivity contribution < 1.29 is 8.78 Å². The molecule has 0 unspecified atom stereocenters. The van der Waals surface area contributed by atoms with Crippen LogP contribution in [0.5, 0.6) is 0 Å². The van der Waals surface area contributed by atoms with Gasteiger partial charge in [0.15, 0.2) is 0 Å². The Morgan fingerprint density at radius 1 is 1.42 bits per heavy atom. The largest absolute Gasteiger partial charge is 0.355 e. The van der Waals surface area contributed by atoms with Crippen molar-refractivity contribution in [2.75, 3.05) is 0 Å². The Hall–Kier alpha value is 0.270. The van der Waals surface area contributed by atoms with E-state index in [0.717, 1.165) is 0 Å². The zero-order chi connectivity index (χ0) is 9.30. The van der Waals surface area contributed by atoms with Crippen LogP contribution in [0.2, 0.25) is 0 Å². The summed E-state index contributed by atoms with van der Waals surface area (Å²) in [5.74, 6) is 0. The SMILES string of the molecule is O=c1c(I)c[nH]c(I)c1C(F)F. The first-order valence-corrected chi connectivity index (χ1v) is 5.04. The van der Waals surface area contributed by atoms with E-state index in [1.165, 1.54) is 6.20 Å². The molecule has 1 aromatic rings. The topological polar surface area (TPSA) is 32.9 Å². The standard InChI is InChI=1S/C6H3F2I2NO/c7-5(8)3-4(12)2(9)1-11-6(3)10/h1,5H,(H,11,12). The second-order valence-corrected chi connectivity index (χ2v) is 4.24. The molecule has 1 N–H and O–H groups in total. The van der Waals surface area contributed by atoms with Gasteiger partial charge in [-0.15, -0.1) is 0 Å². The summed E-state index contributed by atoms with van der Waals surface area (Å²) in [7, 11) is 0. The number of rotatable bonds is 1. The van der Waals surface area contributed by atoms with Gasteiger partial charge in [0, 0.05) is 6.20 Å². The Bertz CT molecular complexity index is 350. The Kier molecular flexibility index (Phi) is 3.44. The molecule has 12 heavy (non-hydrogen) atoms. The molecule has 2 nitrogen and oxygen atoms in total. The normalized spacial score (nSPS) is 10.8. The molecule has 0 aliphatic carbocycles. The molecule has 6 heteroatoms. The lowest BCUT2D eigenvalue weighted by molar-refractivity contribution is 0.148. The lowest BCUT2D eigenvalue weighted by atomic mass is 10.3. The molecule has 0 atom stereocenters. The minimum absolute atomic E-state index is 0.202. The number of hydrogen-bond acceptors (Lipinski definition) is 1. The van der Waals surface area contributed by atoms with Gasteiger partial charge in [0.25, 0.3) is 6.43 Å². The maximum absolute atomic E-state index is 12.2. The van der Waals surface area contributed by atoms with Gasteiger partial charge in [-0.1, -0.05) is 0 Å². The third-order valence-corrected chi connectivity index (χ3v) is 2.94. The minimum Gasteiger partial charge on any atom is -0.355 e. The van der Waals surface area contributed by atoms with Gasteiger partial charge in [0.05, 0.1) is 12.8 Å². The molecule has 0 radical (unpaired) electrons. The molecule has 0 bridgehead atoms. The highest BCUT2D eigenvalue weighted by Crippen LogP contribution is 2.19. The van der Waals surface area contributed by atoms with Crippen LogP contribution in [0, 0.1) is 7.27 Å². The van der Waals surface area contributed by atoms with E-state index in [1.807, 2.05) is 0 Å². The van der Waals surface area contributed by atoms with E-state index in [9.17, 15) is 13.6 Å². The van der Waals surface area contributed by atoms with Gasteiger partial charge in [0.2, 0.25) is 5.43 Å². The summed E-state index contributed by atoms with van der Waals surface area (Å²) in [6, 6.07) is 0. The van der Waals surface area contributed by atoms with E-state index < -0.39 is 17.4 Å². The lowest BCUT2D eigenvalue weighted by Crippen LogP contribution is -2.15. The first kappa shape index (κ1) is 10.4. The Balaban J connectivity index is 3.44. The van der Waals surface area contributed by atoms with Crippen molar-refractivity contribution in [3.8, 4) is 0 Å². The van der Waals surface area contributed by atoms with Gasteiger partial charge < -0.3 is 4.98 Å². The van der Waals surface area contributed by atoms with Crippen LogP contribution in [0.15, 0.2) is 11.0 Å². The fourth-order valence-corrected chi connectivity index (χ4v) is 1.78. The molecule has 0 amide bonds. The van der Waals surface area contributed by atoms with Crippen molar-refractivity contribution in [3.63, 3.8) is 0 Å². The third kappa shape index (κ3) is 1.95. The number of nitrogens with one attached hydrogen (secondary N) is 1. The van der Waals surface area contributed by atoms with E-state index in [0.29, 0.717) is 0 Å². The van der Waals surface area contributed by atoms with Crippen LogP contribution < -0.4 is 5.43 Å². The van der Waals surface area contributed by atoms with Crippen molar-refractivity contribution in [2.45, 2.75) is 6.43 Å². The van der Waals surface area contributed by atoms with Gasteiger partial charge in [-0.05, 0) is 45.2 Å². The summed E-state index contributed by atoms with van der Waals surface area (Å²) < 4.78 is 25.0. The summed E-state index contributed by atoms with van der Waals surface area (Å²) in [6.07, 6.45) is -1.30. The lowest BCUT2D eigenvalue weighted by Gasteiger charge is -2.01. The quantitative estimate of drug-likeness (QED) is 0.574. The number of H-pyrrole nitrogens is 1. The van der Waals surface area contributed by atoms with Crippen molar-refractivity contribution in [1.82, 2.24) is 4.98 Å². The molecule has 1 aromatic heterocycles. The van der Waals surface area contributed by atoms with Gasteiger partial charge in [0.1, 0.15) is 0 Å². The van der Waals surface area contributed by atoms with Gasteiger partial charge in [-0.3, -0.25) is 4.79 Å². The number of aromatic amines is 1. The molecule has 1 heterocycles. The predicted octanol–water partition coefficient (Wildman–Crippen LogP) is 2.52. The average molecular weight is 397 g/mol. The molecule has 0 saturated carbocycles. The highest BCUT2D eigenvalue weighted by Gasteiger charge is 2.17. The van der Waals surface area contributed by atoms with Gasteiger partial charge in [-0.2, -0.15) is 0 Å². The smallest absolute Gasteiger partial charge is 0.270 e. The van der Waals surface area contributed by atoms with E-state index in [2.05, 4.69) is 4.98 Å². The van der Waals surface area contributed by atoms with E-state index in [1.54, 1.807) is 45.2 Å². The summed E-state index contributed by atoms with van der Waals surface area (Å²) in [5.41, 5.74) is -1.03. The fourth-order valence-electron chi connectivity index (χ4n) is 0.693. The Morgan fingerprint density at radius 3 is 2.42 bits per heavy atom. The number of aromatic nitrogens is 1. The van der Waals surface area contributed by atoms with Crippen molar-refractivity contribution in [1.29, 1.82) is 0 Å². The molecule has 1 rings (SSSR count). The third-order valence-electron chi connectivity index (χ3n) is 1.24. The zero-order valence-corrected chi connectivity index (χ0v) is 9.89. The zero-order valence-electron chi connectivity index (χ0n) is 5.57. The van der Waals surface area contributed by atoms with Crippen LogP contribution >= 0.6 is 45.2 Å². The number of hydrogen-bond donors (Lipinski definition) is 1. The van der Waals surface area contributed by atoms with E-state index in [-0.39, 0.29) is 7.27 Å². The second-order valence-electron chi connectivity index (χ2n) is 1.99. The maximum atomic E-state index is 12.2. The average Bonchev–Trinajstić information content (AvgIpc) is 1.97. The Labute approximate surface area is 94.0 Å². The summed E-state index contributed by atoms with van der Waals surface area (Å²) in [4.78, 5) is 13.7. The summed E-state index contributed by atoms with van der Waals surface area (Å²) in [6.45, 7) is 0. The van der Waals surface area contributed by atoms with Crippen LogP contribution in [0.3, 0.4) is 0 Å². The first-order chi connectivity index (χ1) is 5.54. The van der Waals surface area contributed by atoms with E-state index in [4.69, 9.17) is 0 Å². The number of halogens is 4. The monoisotopic (exact) mass is 397 g/mol. The second kappa shape index (κ2) is 3.99. The van der Waals surface area contributed by atoms with Crippen LogP contribution in [-0.4, -0.2) is 4.98 Å². The molecular weight excluding hydrogens is 394 g/mol. The van der Waals surface area contributed by atoms with Crippen molar-refractivity contribution in [2.24, 2.45) is 0 Å². The highest BCUT2D eigenvalue weighted by molar-refractivity contribution is 14.1. The van der Waals surface area contributed by atoms with Crippen LogP contribution in [0.4, 0.5) is 8.78 Å². The molecule has 0 fully saturated rings. The van der Waals surface area contributed by atoms with Crippen molar-refractivity contribution in [3.05, 3.63) is 29.3 Å². The van der Waals surface area contributed by atoms with Crippen LogP contribution in [0.1, 0.15) is 12.0 Å². The van der Waals surface area contributed by atoms with Crippen molar-refractivity contribution >= 4 is 45.2 Å². The summed E-state index contributed by atoms with van der Waals surface area (Å²) >= 11 is 3.40. The highest BCUT2D eigenvalue weighted by atomic mass is 127. The first-order valence-electron chi connectivity index (χ1n) is 2.88. The number of pyridine rings is 1. The number of alkyl halides is 2. The summed E-state index contributed by atoms with van der Waals surface area (Å²) in [5, 5.41) is 0. The van der Waals surface area contributed by atoms with Crippen LogP contribution in [0.25, 0.3) is 0 Å². The fraction of sp³-hybridized carbons (Fsp3) is 0.167. The van der Waals surface area contributed by atoms with E-state index >= 15 is 0 Å². The molecule has 0 saturated heterocycles. The molecule has 0 spiro atoms. The predicted molar refractivity (Wildman–Crippen MR) is 57.5 cm³/mol. The molecule has 0 aliphatic rings. The molecular formula is C6H3F2I2NO. The molecule has 66 valence electrons. The van der Waals surface area contributed by atoms with Crippen LogP contribution in [-0.2, 0) is 0 Å². The Morgan fingerprint density at radius 2 is 2.00 bits per heavy atom. The molecule has 0 aromatic carbocycles. The minimum atomic E-state index is -2.71. The molecule has 0 aliphatic heterocycles.